The summed E-state index contributed by atoms with van der Waals surface area (Å²) in [5.41, 5.74) is 0. The molecule has 5 unspecified atom stereocenters. The summed E-state index contributed by atoms with van der Waals surface area (Å²) in [5, 5.41) is 3.58. The van der Waals surface area contributed by atoms with Crippen molar-refractivity contribution in [3.8, 4) is 0 Å². The normalized spacial score (nSPS) is 33.4. The maximum Gasteiger partial charge on any atom is 0.0587 e. The minimum atomic E-state index is 0.607. The van der Waals surface area contributed by atoms with Gasteiger partial charge in [-0.05, 0) is 43.4 Å². The van der Waals surface area contributed by atoms with E-state index < -0.39 is 0 Å². The van der Waals surface area contributed by atoms with Gasteiger partial charge in [0, 0.05) is 19.7 Å². The van der Waals surface area contributed by atoms with Crippen molar-refractivity contribution in [3.63, 3.8) is 0 Å². The second-order valence-electron chi connectivity index (χ2n) is 6.12. The van der Waals surface area contributed by atoms with Gasteiger partial charge in [-0.15, -0.1) is 0 Å². The van der Waals surface area contributed by atoms with Crippen LogP contribution in [0.3, 0.4) is 0 Å². The van der Waals surface area contributed by atoms with Gasteiger partial charge < -0.3 is 10.1 Å². The molecule has 17 heavy (non-hydrogen) atoms. The van der Waals surface area contributed by atoms with Crippen molar-refractivity contribution in [2.75, 3.05) is 20.3 Å². The van der Waals surface area contributed by atoms with Gasteiger partial charge in [0.2, 0.25) is 0 Å². The molecule has 1 fully saturated rings. The average Bonchev–Trinajstić information content (AvgIpc) is 2.32. The lowest BCUT2D eigenvalue weighted by Gasteiger charge is -2.37. The number of rotatable bonds is 6. The Morgan fingerprint density at radius 1 is 1.18 bits per heavy atom. The second-order valence-corrected chi connectivity index (χ2v) is 6.12. The number of methoxy groups -OCH3 is 1. The van der Waals surface area contributed by atoms with Crippen LogP contribution in [0, 0.1) is 23.7 Å². The molecule has 0 saturated heterocycles. The third-order valence-electron chi connectivity index (χ3n) is 4.94. The molecule has 1 rings (SSSR count). The summed E-state index contributed by atoms with van der Waals surface area (Å²) in [7, 11) is 1.76. The fourth-order valence-electron chi connectivity index (χ4n) is 3.05. The van der Waals surface area contributed by atoms with Crippen molar-refractivity contribution in [3.05, 3.63) is 0 Å². The predicted molar refractivity (Wildman–Crippen MR) is 74.2 cm³/mol. The Hall–Kier alpha value is -0.0800. The predicted octanol–water partition coefficient (Wildman–Crippen LogP) is 3.32. The maximum atomic E-state index is 5.09. The summed E-state index contributed by atoms with van der Waals surface area (Å²) in [5.74, 6) is 3.52. The van der Waals surface area contributed by atoms with E-state index in [1.807, 2.05) is 0 Å². The van der Waals surface area contributed by atoms with Crippen LogP contribution in [0.25, 0.3) is 0 Å². The lowest BCUT2D eigenvalue weighted by Crippen LogP contribution is -2.39. The Morgan fingerprint density at radius 2 is 1.88 bits per heavy atom. The second kappa shape index (κ2) is 7.38. The summed E-state index contributed by atoms with van der Waals surface area (Å²) in [6.07, 6.45) is 4.25. The smallest absolute Gasteiger partial charge is 0.0587 e. The van der Waals surface area contributed by atoms with Gasteiger partial charge in [-0.3, -0.25) is 0 Å². The molecule has 0 heterocycles. The molecule has 1 N–H and O–H groups in total. The fraction of sp³-hybridized carbons (Fsp3) is 1.00. The standard InChI is InChI=1S/C15H31NO/c1-11-6-7-15(10-12(11)2)13(3)14(4)16-8-9-17-5/h11-16H,6-10H2,1-5H3. The maximum absolute atomic E-state index is 5.09. The van der Waals surface area contributed by atoms with Crippen LogP contribution < -0.4 is 5.32 Å². The molecule has 0 aromatic rings. The molecular weight excluding hydrogens is 210 g/mol. The Morgan fingerprint density at radius 3 is 2.47 bits per heavy atom. The number of nitrogens with one attached hydrogen (secondary N) is 1. The molecule has 1 aliphatic carbocycles. The summed E-state index contributed by atoms with van der Waals surface area (Å²) in [6, 6.07) is 0.607. The zero-order chi connectivity index (χ0) is 12.8. The van der Waals surface area contributed by atoms with Crippen LogP contribution in [-0.2, 0) is 4.74 Å². The first-order valence-electron chi connectivity index (χ1n) is 7.28. The molecule has 0 aromatic heterocycles. The van der Waals surface area contributed by atoms with Gasteiger partial charge >= 0.3 is 0 Å². The van der Waals surface area contributed by atoms with Crippen molar-refractivity contribution >= 4 is 0 Å². The zero-order valence-corrected chi connectivity index (χ0v) is 12.3. The molecule has 0 radical (unpaired) electrons. The molecule has 0 amide bonds. The molecule has 5 atom stereocenters. The lowest BCUT2D eigenvalue weighted by molar-refractivity contribution is 0.137. The molecule has 102 valence electrons. The number of ether oxygens (including phenoxy) is 1. The zero-order valence-electron chi connectivity index (χ0n) is 12.3. The average molecular weight is 241 g/mol. The van der Waals surface area contributed by atoms with Crippen LogP contribution in [0.2, 0.25) is 0 Å². The van der Waals surface area contributed by atoms with Crippen molar-refractivity contribution < 1.29 is 4.74 Å². The molecule has 1 saturated carbocycles. The molecule has 2 heteroatoms. The van der Waals surface area contributed by atoms with Crippen molar-refractivity contribution in [2.45, 2.75) is 53.0 Å². The van der Waals surface area contributed by atoms with Crippen LogP contribution in [0.1, 0.15) is 47.0 Å². The Labute approximate surface area is 108 Å². The third kappa shape index (κ3) is 4.59. The van der Waals surface area contributed by atoms with E-state index in [1.165, 1.54) is 19.3 Å². The summed E-state index contributed by atoms with van der Waals surface area (Å²) >= 11 is 0. The molecule has 2 nitrogen and oxygen atoms in total. The molecular formula is C15H31NO. The van der Waals surface area contributed by atoms with E-state index in [9.17, 15) is 0 Å². The SMILES string of the molecule is COCCNC(C)C(C)C1CCC(C)C(C)C1. The van der Waals surface area contributed by atoms with E-state index in [0.29, 0.717) is 6.04 Å². The highest BCUT2D eigenvalue weighted by Crippen LogP contribution is 2.37. The minimum absolute atomic E-state index is 0.607. The first-order valence-corrected chi connectivity index (χ1v) is 7.28. The number of hydrogen-bond acceptors (Lipinski definition) is 2. The van der Waals surface area contributed by atoms with E-state index in [0.717, 1.165) is 36.8 Å². The van der Waals surface area contributed by atoms with Crippen LogP contribution in [0.15, 0.2) is 0 Å². The molecule has 0 spiro atoms. The topological polar surface area (TPSA) is 21.3 Å². The van der Waals surface area contributed by atoms with Crippen molar-refractivity contribution in [2.24, 2.45) is 23.7 Å². The van der Waals surface area contributed by atoms with E-state index in [4.69, 9.17) is 4.74 Å². The van der Waals surface area contributed by atoms with E-state index >= 15 is 0 Å². The van der Waals surface area contributed by atoms with Gasteiger partial charge in [0.25, 0.3) is 0 Å². The van der Waals surface area contributed by atoms with Gasteiger partial charge in [0.1, 0.15) is 0 Å². The molecule has 0 bridgehead atoms. The third-order valence-corrected chi connectivity index (χ3v) is 4.94. The Balaban J connectivity index is 2.33. The van der Waals surface area contributed by atoms with Crippen molar-refractivity contribution in [1.29, 1.82) is 0 Å². The summed E-state index contributed by atoms with van der Waals surface area (Å²) in [6.45, 7) is 11.4. The van der Waals surface area contributed by atoms with Crippen LogP contribution in [0.5, 0.6) is 0 Å². The van der Waals surface area contributed by atoms with Crippen molar-refractivity contribution in [1.82, 2.24) is 5.32 Å². The summed E-state index contributed by atoms with van der Waals surface area (Å²) in [4.78, 5) is 0. The quantitative estimate of drug-likeness (QED) is 0.720. The Kier molecular flexibility index (Phi) is 6.50. The van der Waals surface area contributed by atoms with Gasteiger partial charge in [0.15, 0.2) is 0 Å². The first kappa shape index (κ1) is 15.0. The lowest BCUT2D eigenvalue weighted by atomic mass is 9.70. The highest BCUT2D eigenvalue weighted by molar-refractivity contribution is 4.82. The molecule has 0 aliphatic heterocycles. The van der Waals surface area contributed by atoms with Gasteiger partial charge in [-0.25, -0.2) is 0 Å². The molecule has 0 aromatic carbocycles. The summed E-state index contributed by atoms with van der Waals surface area (Å²) < 4.78 is 5.09. The van der Waals surface area contributed by atoms with Gasteiger partial charge in [0.05, 0.1) is 6.61 Å². The first-order chi connectivity index (χ1) is 8.06. The van der Waals surface area contributed by atoms with Crippen LogP contribution in [0.4, 0.5) is 0 Å². The van der Waals surface area contributed by atoms with Crippen LogP contribution >= 0.6 is 0 Å². The van der Waals surface area contributed by atoms with E-state index in [1.54, 1.807) is 7.11 Å². The van der Waals surface area contributed by atoms with Gasteiger partial charge in [-0.1, -0.05) is 27.2 Å². The highest BCUT2D eigenvalue weighted by Gasteiger charge is 2.30. The van der Waals surface area contributed by atoms with Gasteiger partial charge in [-0.2, -0.15) is 0 Å². The highest BCUT2D eigenvalue weighted by atomic mass is 16.5. The van der Waals surface area contributed by atoms with Crippen LogP contribution in [-0.4, -0.2) is 26.3 Å². The Bertz CT molecular complexity index is 207. The van der Waals surface area contributed by atoms with E-state index in [2.05, 4.69) is 33.0 Å². The van der Waals surface area contributed by atoms with E-state index in [-0.39, 0.29) is 0 Å². The number of hydrogen-bond donors (Lipinski definition) is 1. The fourth-order valence-corrected chi connectivity index (χ4v) is 3.05. The largest absolute Gasteiger partial charge is 0.383 e. The molecule has 1 aliphatic rings. The monoisotopic (exact) mass is 241 g/mol. The minimum Gasteiger partial charge on any atom is -0.383 e.